The highest BCUT2D eigenvalue weighted by Gasteiger charge is 2.00. The quantitative estimate of drug-likeness (QED) is 0.743. The summed E-state index contributed by atoms with van der Waals surface area (Å²) in [5.74, 6) is -0.618. The van der Waals surface area contributed by atoms with Gasteiger partial charge in [0.15, 0.2) is 11.5 Å². The highest BCUT2D eigenvalue weighted by Crippen LogP contribution is 2.05. The van der Waals surface area contributed by atoms with E-state index in [4.69, 9.17) is 5.11 Å². The SMILES string of the molecule is Cc1ccn2nc(/C=C/C(=O)O)nc2c1. The van der Waals surface area contributed by atoms with Crippen LogP contribution in [-0.4, -0.2) is 25.7 Å². The van der Waals surface area contributed by atoms with Gasteiger partial charge in [-0.05, 0) is 30.7 Å². The van der Waals surface area contributed by atoms with Gasteiger partial charge in [0.2, 0.25) is 0 Å². The lowest BCUT2D eigenvalue weighted by atomic mass is 10.3. The van der Waals surface area contributed by atoms with Gasteiger partial charge in [0.05, 0.1) is 0 Å². The second-order valence-corrected chi connectivity index (χ2v) is 3.15. The van der Waals surface area contributed by atoms with Crippen molar-refractivity contribution in [1.82, 2.24) is 14.6 Å². The van der Waals surface area contributed by atoms with Crippen LogP contribution >= 0.6 is 0 Å². The third-order valence-electron chi connectivity index (χ3n) is 1.88. The fourth-order valence-corrected chi connectivity index (χ4v) is 1.22. The number of aliphatic carboxylic acids is 1. The second-order valence-electron chi connectivity index (χ2n) is 3.15. The van der Waals surface area contributed by atoms with E-state index < -0.39 is 5.97 Å². The maximum atomic E-state index is 10.3. The van der Waals surface area contributed by atoms with Crippen molar-refractivity contribution in [3.8, 4) is 0 Å². The molecule has 5 heteroatoms. The number of rotatable bonds is 2. The van der Waals surface area contributed by atoms with Gasteiger partial charge in [0.1, 0.15) is 0 Å². The number of nitrogens with zero attached hydrogens (tertiary/aromatic N) is 3. The van der Waals surface area contributed by atoms with Crippen LogP contribution in [0.1, 0.15) is 11.4 Å². The molecule has 0 bridgehead atoms. The molecular weight excluding hydrogens is 194 g/mol. The average molecular weight is 203 g/mol. The molecule has 0 aliphatic heterocycles. The molecule has 0 radical (unpaired) electrons. The first-order valence-electron chi connectivity index (χ1n) is 4.39. The zero-order chi connectivity index (χ0) is 10.8. The van der Waals surface area contributed by atoms with E-state index >= 15 is 0 Å². The Morgan fingerprint density at radius 3 is 3.13 bits per heavy atom. The van der Waals surface area contributed by atoms with Crippen LogP contribution in [0.25, 0.3) is 11.7 Å². The molecule has 15 heavy (non-hydrogen) atoms. The third kappa shape index (κ3) is 2.01. The Balaban J connectivity index is 2.43. The van der Waals surface area contributed by atoms with Gasteiger partial charge in [-0.1, -0.05) is 0 Å². The average Bonchev–Trinajstić information content (AvgIpc) is 2.56. The molecule has 2 aromatic rings. The highest BCUT2D eigenvalue weighted by molar-refractivity contribution is 5.84. The van der Waals surface area contributed by atoms with Crippen LogP contribution in [0.2, 0.25) is 0 Å². The first-order valence-corrected chi connectivity index (χ1v) is 4.39. The van der Waals surface area contributed by atoms with E-state index in [9.17, 15) is 4.79 Å². The van der Waals surface area contributed by atoms with Gasteiger partial charge in [-0.2, -0.15) is 0 Å². The Labute approximate surface area is 85.7 Å². The van der Waals surface area contributed by atoms with Crippen LogP contribution in [0, 0.1) is 6.92 Å². The van der Waals surface area contributed by atoms with Crippen molar-refractivity contribution >= 4 is 17.7 Å². The van der Waals surface area contributed by atoms with Gasteiger partial charge in [0, 0.05) is 12.3 Å². The van der Waals surface area contributed by atoms with E-state index in [-0.39, 0.29) is 0 Å². The number of carbonyl (C=O) groups is 1. The van der Waals surface area contributed by atoms with Crippen LogP contribution in [0.5, 0.6) is 0 Å². The monoisotopic (exact) mass is 203 g/mol. The largest absolute Gasteiger partial charge is 0.478 e. The van der Waals surface area contributed by atoms with E-state index in [0.29, 0.717) is 11.5 Å². The van der Waals surface area contributed by atoms with Crippen LogP contribution < -0.4 is 0 Å². The normalized spacial score (nSPS) is 11.3. The molecule has 0 unspecified atom stereocenters. The van der Waals surface area contributed by atoms with Crippen molar-refractivity contribution in [2.75, 3.05) is 0 Å². The van der Waals surface area contributed by atoms with Crippen LogP contribution in [0.4, 0.5) is 0 Å². The standard InChI is InChI=1S/C10H9N3O2/c1-7-4-5-13-9(6-7)11-8(12-13)2-3-10(14)15/h2-6H,1H3,(H,14,15)/b3-2+. The fourth-order valence-electron chi connectivity index (χ4n) is 1.22. The summed E-state index contributed by atoms with van der Waals surface area (Å²) in [6.45, 7) is 1.96. The number of fused-ring (bicyclic) bond motifs is 1. The Morgan fingerprint density at radius 1 is 1.60 bits per heavy atom. The highest BCUT2D eigenvalue weighted by atomic mass is 16.4. The number of aryl methyl sites for hydroxylation is 1. The summed E-state index contributed by atoms with van der Waals surface area (Å²) in [5.41, 5.74) is 1.80. The Kier molecular flexibility index (Phi) is 2.21. The molecule has 2 aromatic heterocycles. The maximum Gasteiger partial charge on any atom is 0.328 e. The molecule has 0 amide bonds. The number of carboxylic acid groups (broad SMARTS) is 1. The molecule has 76 valence electrons. The van der Waals surface area contributed by atoms with Crippen LogP contribution in [0.3, 0.4) is 0 Å². The molecule has 0 aromatic carbocycles. The molecule has 2 rings (SSSR count). The van der Waals surface area contributed by atoms with Crippen molar-refractivity contribution in [3.05, 3.63) is 35.8 Å². The predicted molar refractivity (Wildman–Crippen MR) is 54.4 cm³/mol. The zero-order valence-corrected chi connectivity index (χ0v) is 8.08. The number of hydrogen-bond acceptors (Lipinski definition) is 3. The lowest BCUT2D eigenvalue weighted by molar-refractivity contribution is -0.131. The van der Waals surface area contributed by atoms with Gasteiger partial charge in [-0.25, -0.2) is 14.3 Å². The Hall–Kier alpha value is -2.17. The maximum absolute atomic E-state index is 10.3. The summed E-state index contributed by atoms with van der Waals surface area (Å²) in [6, 6.07) is 3.79. The summed E-state index contributed by atoms with van der Waals surface area (Å²) < 4.78 is 1.61. The van der Waals surface area contributed by atoms with Crippen molar-refractivity contribution in [1.29, 1.82) is 0 Å². The molecule has 0 aliphatic rings. The molecule has 0 atom stereocenters. The second kappa shape index (κ2) is 3.53. The summed E-state index contributed by atoms with van der Waals surface area (Å²) in [5, 5.41) is 12.5. The van der Waals surface area contributed by atoms with Gasteiger partial charge in [0.25, 0.3) is 0 Å². The predicted octanol–water partition coefficient (Wildman–Crippen LogP) is 1.14. The first-order chi connectivity index (χ1) is 7.15. The van der Waals surface area contributed by atoms with Crippen molar-refractivity contribution in [2.24, 2.45) is 0 Å². The van der Waals surface area contributed by atoms with Gasteiger partial charge in [-0.15, -0.1) is 5.10 Å². The van der Waals surface area contributed by atoms with E-state index in [1.54, 1.807) is 10.7 Å². The Bertz CT molecular complexity index is 543. The number of hydrogen-bond donors (Lipinski definition) is 1. The summed E-state index contributed by atoms with van der Waals surface area (Å²) in [4.78, 5) is 14.4. The topological polar surface area (TPSA) is 67.5 Å². The first kappa shape index (κ1) is 9.39. The van der Waals surface area contributed by atoms with Gasteiger partial charge in [-0.3, -0.25) is 0 Å². The number of carboxylic acids is 1. The lowest BCUT2D eigenvalue weighted by Gasteiger charge is -1.90. The van der Waals surface area contributed by atoms with Crippen molar-refractivity contribution < 1.29 is 9.90 Å². The molecule has 1 N–H and O–H groups in total. The Morgan fingerprint density at radius 2 is 2.40 bits per heavy atom. The number of pyridine rings is 1. The fraction of sp³-hybridized carbons (Fsp3) is 0.100. The molecular formula is C10H9N3O2. The van der Waals surface area contributed by atoms with Crippen molar-refractivity contribution in [3.63, 3.8) is 0 Å². The number of aromatic nitrogens is 3. The zero-order valence-electron chi connectivity index (χ0n) is 8.08. The van der Waals surface area contributed by atoms with Crippen LogP contribution in [0.15, 0.2) is 24.4 Å². The molecule has 5 nitrogen and oxygen atoms in total. The van der Waals surface area contributed by atoms with E-state index in [1.807, 2.05) is 19.1 Å². The van der Waals surface area contributed by atoms with Gasteiger partial charge < -0.3 is 5.11 Å². The van der Waals surface area contributed by atoms with Crippen molar-refractivity contribution in [2.45, 2.75) is 6.92 Å². The minimum atomic E-state index is -1.01. The van der Waals surface area contributed by atoms with E-state index in [2.05, 4.69) is 10.1 Å². The molecule has 0 fully saturated rings. The summed E-state index contributed by atoms with van der Waals surface area (Å²) in [7, 11) is 0. The van der Waals surface area contributed by atoms with Gasteiger partial charge >= 0.3 is 5.97 Å². The van der Waals surface area contributed by atoms with E-state index in [1.165, 1.54) is 6.08 Å². The molecule has 2 heterocycles. The lowest BCUT2D eigenvalue weighted by Crippen LogP contribution is -1.87. The molecule has 0 spiro atoms. The minimum Gasteiger partial charge on any atom is -0.478 e. The minimum absolute atomic E-state index is 0.392. The molecule has 0 aliphatic carbocycles. The van der Waals surface area contributed by atoms with Crippen LogP contribution in [-0.2, 0) is 4.79 Å². The molecule has 0 saturated heterocycles. The summed E-state index contributed by atoms with van der Waals surface area (Å²) in [6.07, 6.45) is 4.17. The smallest absolute Gasteiger partial charge is 0.328 e. The molecule has 0 saturated carbocycles. The van der Waals surface area contributed by atoms with E-state index in [0.717, 1.165) is 11.6 Å². The third-order valence-corrected chi connectivity index (χ3v) is 1.88. The summed E-state index contributed by atoms with van der Waals surface area (Å²) >= 11 is 0.